The maximum absolute atomic E-state index is 12.2. The number of nitrogens with two attached hydrogens (primary N) is 1. The van der Waals surface area contributed by atoms with Gasteiger partial charge in [-0.1, -0.05) is 6.07 Å². The number of thiol groups is 1. The summed E-state index contributed by atoms with van der Waals surface area (Å²) < 4.78 is 14.9. The Labute approximate surface area is 123 Å². The van der Waals surface area contributed by atoms with Crippen LogP contribution in [-0.4, -0.2) is 15.3 Å². The molecule has 0 aliphatic heterocycles. The van der Waals surface area contributed by atoms with Gasteiger partial charge in [-0.15, -0.1) is 12.6 Å². The van der Waals surface area contributed by atoms with E-state index >= 15 is 0 Å². The largest absolute Gasteiger partial charge is 0.478 e. The molecule has 0 bridgehead atoms. The zero-order chi connectivity index (χ0) is 14.7. The van der Waals surface area contributed by atoms with Gasteiger partial charge in [0.15, 0.2) is 11.0 Å². The Bertz CT molecular complexity index is 672. The third-order valence-electron chi connectivity index (χ3n) is 2.59. The lowest BCUT2D eigenvalue weighted by Crippen LogP contribution is -2.08. The van der Waals surface area contributed by atoms with Crippen LogP contribution in [0, 0.1) is 0 Å². The number of aromatic carboxylic acids is 1. The summed E-state index contributed by atoms with van der Waals surface area (Å²) in [5.74, 6) is -1.01. The molecule has 0 fully saturated rings. The van der Waals surface area contributed by atoms with E-state index < -0.39 is 17.0 Å². The minimum absolute atomic E-state index is 0.165. The molecule has 0 saturated carbocycles. The number of benzene rings is 2. The molecule has 0 amide bonds. The quantitative estimate of drug-likeness (QED) is 0.515. The highest BCUT2D eigenvalue weighted by molar-refractivity contribution is 7.86. The first-order chi connectivity index (χ1) is 9.49. The number of para-hydroxylation sites is 1. The van der Waals surface area contributed by atoms with Crippen LogP contribution in [0.2, 0.25) is 0 Å². The molecule has 5 nitrogen and oxygen atoms in total. The number of carbonyl (C=O) groups is 1. The Morgan fingerprint density at radius 1 is 1.20 bits per heavy atom. The van der Waals surface area contributed by atoms with E-state index in [0.717, 1.165) is 0 Å². The van der Waals surface area contributed by atoms with Crippen molar-refractivity contribution >= 4 is 41.0 Å². The topological polar surface area (TPSA) is 92.4 Å². The maximum Gasteiger partial charge on any atom is 0.335 e. The second-order valence-corrected chi connectivity index (χ2v) is 5.61. The molecule has 104 valence electrons. The molecule has 0 aromatic heterocycles. The van der Waals surface area contributed by atoms with Crippen molar-refractivity contribution in [2.75, 3.05) is 10.5 Å². The molecule has 1 unspecified atom stereocenters. The van der Waals surface area contributed by atoms with Crippen LogP contribution in [0.3, 0.4) is 0 Å². The smallest absolute Gasteiger partial charge is 0.335 e. The highest BCUT2D eigenvalue weighted by Crippen LogP contribution is 2.24. The van der Waals surface area contributed by atoms with Crippen LogP contribution < -0.4 is 10.5 Å². The van der Waals surface area contributed by atoms with Crippen LogP contribution >= 0.6 is 12.6 Å². The highest BCUT2D eigenvalue weighted by Gasteiger charge is 2.10. The average molecular weight is 308 g/mol. The monoisotopic (exact) mass is 308 g/mol. The number of carboxylic acids is 1. The standard InChI is InChI=1S/C13H12N2O3S2/c14-12-10(19)2-1-3-11(12)20(18)15-9-6-4-8(5-7-9)13(16)17/h1-7,15,19H,14H2,(H,16,17). The Morgan fingerprint density at radius 2 is 1.85 bits per heavy atom. The van der Waals surface area contributed by atoms with Crippen molar-refractivity contribution in [2.45, 2.75) is 9.79 Å². The van der Waals surface area contributed by atoms with Crippen LogP contribution in [0.4, 0.5) is 11.4 Å². The average Bonchev–Trinajstić information content (AvgIpc) is 2.42. The van der Waals surface area contributed by atoms with E-state index in [-0.39, 0.29) is 5.56 Å². The predicted octanol–water partition coefficient (Wildman–Crippen LogP) is 2.39. The lowest BCUT2D eigenvalue weighted by molar-refractivity contribution is 0.0697. The van der Waals surface area contributed by atoms with Crippen molar-refractivity contribution in [3.05, 3.63) is 48.0 Å². The number of nitrogens with one attached hydrogen (secondary N) is 1. The SMILES string of the molecule is Nc1c(S)cccc1S(=O)Nc1ccc(C(=O)O)cc1. The minimum atomic E-state index is -1.54. The lowest BCUT2D eigenvalue weighted by Gasteiger charge is -2.09. The van der Waals surface area contributed by atoms with Crippen molar-refractivity contribution in [3.8, 4) is 0 Å². The van der Waals surface area contributed by atoms with Gasteiger partial charge in [-0.3, -0.25) is 0 Å². The molecule has 0 aliphatic carbocycles. The Kier molecular flexibility index (Phi) is 4.31. The van der Waals surface area contributed by atoms with Gasteiger partial charge >= 0.3 is 5.97 Å². The number of carboxylic acid groups (broad SMARTS) is 1. The fraction of sp³-hybridized carbons (Fsp3) is 0. The number of nitrogen functional groups attached to an aromatic ring is 1. The Hall–Kier alpha value is -1.99. The van der Waals surface area contributed by atoms with Crippen LogP contribution in [0.1, 0.15) is 10.4 Å². The summed E-state index contributed by atoms with van der Waals surface area (Å²) >= 11 is 4.17. The summed E-state index contributed by atoms with van der Waals surface area (Å²) in [6.07, 6.45) is 0. The van der Waals surface area contributed by atoms with E-state index in [4.69, 9.17) is 10.8 Å². The van der Waals surface area contributed by atoms with Gasteiger partial charge in [-0.25, -0.2) is 9.00 Å². The molecular weight excluding hydrogens is 296 g/mol. The van der Waals surface area contributed by atoms with E-state index in [9.17, 15) is 9.00 Å². The van der Waals surface area contributed by atoms with Crippen molar-refractivity contribution < 1.29 is 14.1 Å². The molecule has 2 rings (SSSR count). The van der Waals surface area contributed by atoms with E-state index in [1.807, 2.05) is 0 Å². The molecule has 2 aromatic carbocycles. The summed E-state index contributed by atoms with van der Waals surface area (Å²) in [5, 5.41) is 8.80. The van der Waals surface area contributed by atoms with Crippen LogP contribution in [-0.2, 0) is 11.0 Å². The van der Waals surface area contributed by atoms with Gasteiger partial charge in [0.05, 0.1) is 16.1 Å². The number of hydrogen-bond acceptors (Lipinski definition) is 4. The molecule has 0 radical (unpaired) electrons. The predicted molar refractivity (Wildman–Crippen MR) is 81.5 cm³/mol. The molecule has 7 heteroatoms. The first-order valence-electron chi connectivity index (χ1n) is 5.58. The van der Waals surface area contributed by atoms with Gasteiger partial charge in [0.1, 0.15) is 0 Å². The van der Waals surface area contributed by atoms with Gasteiger partial charge < -0.3 is 15.6 Å². The molecule has 1 atom stereocenters. The molecule has 0 spiro atoms. The van der Waals surface area contributed by atoms with Crippen molar-refractivity contribution in [2.24, 2.45) is 0 Å². The lowest BCUT2D eigenvalue weighted by atomic mass is 10.2. The molecule has 4 N–H and O–H groups in total. The third-order valence-corrected chi connectivity index (χ3v) is 4.15. The third kappa shape index (κ3) is 3.12. The van der Waals surface area contributed by atoms with Crippen LogP contribution in [0.25, 0.3) is 0 Å². The molecule has 20 heavy (non-hydrogen) atoms. The zero-order valence-electron chi connectivity index (χ0n) is 10.2. The second kappa shape index (κ2) is 5.98. The Balaban J connectivity index is 2.19. The van der Waals surface area contributed by atoms with Crippen molar-refractivity contribution in [3.63, 3.8) is 0 Å². The molecule has 0 saturated heterocycles. The van der Waals surface area contributed by atoms with Crippen LogP contribution in [0.5, 0.6) is 0 Å². The van der Waals surface area contributed by atoms with Gasteiger partial charge in [-0.2, -0.15) is 0 Å². The fourth-order valence-electron chi connectivity index (χ4n) is 1.54. The molecular formula is C13H12N2O3S2. The summed E-state index contributed by atoms with van der Waals surface area (Å²) in [6.45, 7) is 0. The number of rotatable bonds is 4. The molecule has 2 aromatic rings. The second-order valence-electron chi connectivity index (χ2n) is 3.94. The first kappa shape index (κ1) is 14.4. The van der Waals surface area contributed by atoms with Gasteiger partial charge in [0, 0.05) is 10.6 Å². The maximum atomic E-state index is 12.2. The highest BCUT2D eigenvalue weighted by atomic mass is 32.2. The van der Waals surface area contributed by atoms with Gasteiger partial charge in [-0.05, 0) is 36.4 Å². The van der Waals surface area contributed by atoms with Gasteiger partial charge in [0.25, 0.3) is 0 Å². The summed E-state index contributed by atoms with van der Waals surface area (Å²) in [5.41, 5.74) is 6.87. The van der Waals surface area contributed by atoms with Crippen molar-refractivity contribution in [1.82, 2.24) is 0 Å². The van der Waals surface area contributed by atoms with E-state index in [2.05, 4.69) is 17.4 Å². The molecule has 0 heterocycles. The number of hydrogen-bond donors (Lipinski definition) is 4. The summed E-state index contributed by atoms with van der Waals surface area (Å²) in [4.78, 5) is 11.7. The minimum Gasteiger partial charge on any atom is -0.478 e. The zero-order valence-corrected chi connectivity index (χ0v) is 11.9. The van der Waals surface area contributed by atoms with E-state index in [0.29, 0.717) is 21.2 Å². The Morgan fingerprint density at radius 3 is 2.45 bits per heavy atom. The number of anilines is 2. The first-order valence-corrected chi connectivity index (χ1v) is 7.18. The van der Waals surface area contributed by atoms with Gasteiger partial charge in [0.2, 0.25) is 0 Å². The summed E-state index contributed by atoms with van der Waals surface area (Å²) in [7, 11) is -1.54. The van der Waals surface area contributed by atoms with E-state index in [1.54, 1.807) is 30.3 Å². The fourth-order valence-corrected chi connectivity index (χ4v) is 2.79. The molecule has 0 aliphatic rings. The van der Waals surface area contributed by atoms with E-state index in [1.165, 1.54) is 12.1 Å². The normalized spacial score (nSPS) is 11.8. The van der Waals surface area contributed by atoms with Crippen molar-refractivity contribution in [1.29, 1.82) is 0 Å². The summed E-state index contributed by atoms with van der Waals surface area (Å²) in [6, 6.07) is 11.0. The van der Waals surface area contributed by atoms with Crippen LogP contribution in [0.15, 0.2) is 52.3 Å².